The van der Waals surface area contributed by atoms with Gasteiger partial charge in [0.05, 0.1) is 12.6 Å². The van der Waals surface area contributed by atoms with Gasteiger partial charge in [-0.15, -0.1) is 0 Å². The quantitative estimate of drug-likeness (QED) is 0.812. The van der Waals surface area contributed by atoms with Gasteiger partial charge in [0, 0.05) is 5.69 Å². The van der Waals surface area contributed by atoms with E-state index in [9.17, 15) is 9.59 Å². The van der Waals surface area contributed by atoms with E-state index in [1.165, 1.54) is 0 Å². The standard InChI is InChI=1S/C17H24N2O4/c1-16(2,3)23-15(21)19-12-7-5-11(6-8-12)9-13(18)14(20)17(4)10-22-17/h5-8,13H,9-10,18H2,1-4H3,(H,19,21)/t13-,17+/m0/s1. The molecule has 0 bridgehead atoms. The van der Waals surface area contributed by atoms with Crippen molar-refractivity contribution in [1.29, 1.82) is 0 Å². The van der Waals surface area contributed by atoms with Crippen LogP contribution in [0.15, 0.2) is 24.3 Å². The summed E-state index contributed by atoms with van der Waals surface area (Å²) in [5.74, 6) is -0.0755. The molecule has 1 aliphatic rings. The van der Waals surface area contributed by atoms with E-state index in [4.69, 9.17) is 15.2 Å². The zero-order valence-corrected chi connectivity index (χ0v) is 14.0. The van der Waals surface area contributed by atoms with Crippen LogP contribution >= 0.6 is 0 Å². The van der Waals surface area contributed by atoms with E-state index < -0.39 is 23.3 Å². The Morgan fingerprint density at radius 2 is 1.91 bits per heavy atom. The third-order valence-corrected chi connectivity index (χ3v) is 3.49. The molecule has 0 aliphatic carbocycles. The Morgan fingerprint density at radius 3 is 2.39 bits per heavy atom. The SMILES string of the molecule is CC(C)(C)OC(=O)Nc1ccc(C[C@H](N)C(=O)[C@@]2(C)CO2)cc1. The number of benzene rings is 1. The summed E-state index contributed by atoms with van der Waals surface area (Å²) in [4.78, 5) is 23.7. The fourth-order valence-electron chi connectivity index (χ4n) is 2.13. The van der Waals surface area contributed by atoms with Crippen LogP contribution in [0.5, 0.6) is 0 Å². The van der Waals surface area contributed by atoms with Crippen LogP contribution in [0.1, 0.15) is 33.3 Å². The molecule has 0 spiro atoms. The monoisotopic (exact) mass is 320 g/mol. The van der Waals surface area contributed by atoms with Crippen molar-refractivity contribution in [3.63, 3.8) is 0 Å². The molecule has 0 unspecified atom stereocenters. The number of Topliss-reactive ketones (excluding diaryl/α,β-unsaturated/α-hetero) is 1. The van der Waals surface area contributed by atoms with Gasteiger partial charge < -0.3 is 15.2 Å². The lowest BCUT2D eigenvalue weighted by molar-refractivity contribution is -0.124. The first-order valence-corrected chi connectivity index (χ1v) is 7.62. The average molecular weight is 320 g/mol. The predicted octanol–water partition coefficient (Wildman–Crippen LogP) is 2.26. The molecule has 1 heterocycles. The lowest BCUT2D eigenvalue weighted by atomic mass is 9.96. The van der Waals surface area contributed by atoms with Gasteiger partial charge in [0.1, 0.15) is 11.2 Å². The number of ether oxygens (including phenoxy) is 2. The summed E-state index contributed by atoms with van der Waals surface area (Å²) in [6.45, 7) is 7.61. The van der Waals surface area contributed by atoms with E-state index >= 15 is 0 Å². The Bertz CT molecular complexity index is 586. The van der Waals surface area contributed by atoms with E-state index in [1.807, 2.05) is 12.1 Å². The van der Waals surface area contributed by atoms with Crippen LogP contribution in [-0.2, 0) is 20.7 Å². The summed E-state index contributed by atoms with van der Waals surface area (Å²) in [5, 5.41) is 2.66. The molecular formula is C17H24N2O4. The first-order chi connectivity index (χ1) is 10.6. The minimum absolute atomic E-state index is 0.0755. The molecule has 1 amide bonds. The molecular weight excluding hydrogens is 296 g/mol. The van der Waals surface area contributed by atoms with E-state index in [0.29, 0.717) is 18.7 Å². The van der Waals surface area contributed by atoms with Gasteiger partial charge in [-0.25, -0.2) is 4.79 Å². The second kappa shape index (κ2) is 6.29. The van der Waals surface area contributed by atoms with Crippen molar-refractivity contribution in [3.05, 3.63) is 29.8 Å². The predicted molar refractivity (Wildman–Crippen MR) is 87.3 cm³/mol. The maximum atomic E-state index is 12.1. The molecule has 1 aromatic rings. The zero-order chi connectivity index (χ0) is 17.3. The Balaban J connectivity index is 1.89. The maximum absolute atomic E-state index is 12.1. The fraction of sp³-hybridized carbons (Fsp3) is 0.529. The van der Waals surface area contributed by atoms with Crippen LogP contribution < -0.4 is 11.1 Å². The van der Waals surface area contributed by atoms with Crippen LogP contribution in [0, 0.1) is 0 Å². The smallest absolute Gasteiger partial charge is 0.412 e. The Morgan fingerprint density at radius 1 is 1.35 bits per heavy atom. The van der Waals surface area contributed by atoms with E-state index in [-0.39, 0.29) is 5.78 Å². The number of epoxide rings is 1. The Labute approximate surface area is 136 Å². The van der Waals surface area contributed by atoms with Crippen molar-refractivity contribution in [3.8, 4) is 0 Å². The largest absolute Gasteiger partial charge is 0.444 e. The van der Waals surface area contributed by atoms with Crippen molar-refractivity contribution < 1.29 is 19.1 Å². The van der Waals surface area contributed by atoms with Gasteiger partial charge in [-0.05, 0) is 51.8 Å². The number of anilines is 1. The number of nitrogens with one attached hydrogen (secondary N) is 1. The molecule has 0 radical (unpaired) electrons. The van der Waals surface area contributed by atoms with E-state index in [2.05, 4.69) is 5.32 Å². The number of ketones is 1. The summed E-state index contributed by atoms with van der Waals surface area (Å²) >= 11 is 0. The molecule has 2 rings (SSSR count). The lowest BCUT2D eigenvalue weighted by Crippen LogP contribution is -2.40. The van der Waals surface area contributed by atoms with Crippen LogP contribution in [-0.4, -0.2) is 35.7 Å². The van der Waals surface area contributed by atoms with Crippen molar-refractivity contribution in [2.24, 2.45) is 5.73 Å². The van der Waals surface area contributed by atoms with Crippen molar-refractivity contribution in [2.45, 2.75) is 51.4 Å². The maximum Gasteiger partial charge on any atom is 0.412 e. The van der Waals surface area contributed by atoms with Gasteiger partial charge in [-0.1, -0.05) is 12.1 Å². The van der Waals surface area contributed by atoms with E-state index in [0.717, 1.165) is 5.56 Å². The summed E-state index contributed by atoms with van der Waals surface area (Å²) < 4.78 is 10.3. The number of hydrogen-bond donors (Lipinski definition) is 2. The highest BCUT2D eigenvalue weighted by molar-refractivity contribution is 5.93. The average Bonchev–Trinajstić information content (AvgIpc) is 3.17. The Kier molecular flexibility index (Phi) is 4.77. The normalized spacial score (nSPS) is 21.4. The van der Waals surface area contributed by atoms with Crippen LogP contribution in [0.4, 0.5) is 10.5 Å². The molecule has 2 atom stereocenters. The number of carbonyl (C=O) groups is 2. The van der Waals surface area contributed by atoms with Gasteiger partial charge in [-0.2, -0.15) is 0 Å². The molecule has 1 fully saturated rings. The third-order valence-electron chi connectivity index (χ3n) is 3.49. The van der Waals surface area contributed by atoms with Gasteiger partial charge in [0.2, 0.25) is 0 Å². The zero-order valence-electron chi connectivity index (χ0n) is 14.0. The topological polar surface area (TPSA) is 93.9 Å². The highest BCUT2D eigenvalue weighted by Gasteiger charge is 2.48. The second-order valence-electron chi connectivity index (χ2n) is 7.02. The molecule has 0 aromatic heterocycles. The molecule has 1 aromatic carbocycles. The minimum atomic E-state index is -0.697. The highest BCUT2D eigenvalue weighted by Crippen LogP contribution is 2.28. The molecule has 126 valence electrons. The third kappa shape index (κ3) is 5.04. The minimum Gasteiger partial charge on any atom is -0.444 e. The highest BCUT2D eigenvalue weighted by atomic mass is 16.6. The van der Waals surface area contributed by atoms with Gasteiger partial charge in [-0.3, -0.25) is 10.1 Å². The summed E-state index contributed by atoms with van der Waals surface area (Å²) in [6, 6.07) is 6.58. The summed E-state index contributed by atoms with van der Waals surface area (Å²) in [6.07, 6.45) is -0.0687. The number of amides is 1. The Hall–Kier alpha value is -1.92. The number of nitrogens with two attached hydrogens (primary N) is 1. The van der Waals surface area contributed by atoms with Crippen LogP contribution in [0.25, 0.3) is 0 Å². The molecule has 3 N–H and O–H groups in total. The van der Waals surface area contributed by atoms with Crippen molar-refractivity contribution >= 4 is 17.6 Å². The molecule has 23 heavy (non-hydrogen) atoms. The van der Waals surface area contributed by atoms with Crippen LogP contribution in [0.2, 0.25) is 0 Å². The fourth-order valence-corrected chi connectivity index (χ4v) is 2.13. The molecule has 1 aliphatic heterocycles. The van der Waals surface area contributed by atoms with Crippen LogP contribution in [0.3, 0.4) is 0 Å². The van der Waals surface area contributed by atoms with E-state index in [1.54, 1.807) is 39.8 Å². The second-order valence-corrected chi connectivity index (χ2v) is 7.02. The first-order valence-electron chi connectivity index (χ1n) is 7.62. The molecule has 6 nitrogen and oxygen atoms in total. The van der Waals surface area contributed by atoms with Gasteiger partial charge in [0.25, 0.3) is 0 Å². The van der Waals surface area contributed by atoms with Gasteiger partial charge in [0.15, 0.2) is 5.78 Å². The number of carbonyl (C=O) groups excluding carboxylic acids is 2. The summed E-state index contributed by atoms with van der Waals surface area (Å²) in [7, 11) is 0. The number of rotatable bonds is 5. The molecule has 6 heteroatoms. The van der Waals surface area contributed by atoms with Crippen molar-refractivity contribution in [2.75, 3.05) is 11.9 Å². The molecule has 1 saturated heterocycles. The van der Waals surface area contributed by atoms with Gasteiger partial charge >= 0.3 is 6.09 Å². The lowest BCUT2D eigenvalue weighted by Gasteiger charge is -2.19. The number of hydrogen-bond acceptors (Lipinski definition) is 5. The molecule has 0 saturated carbocycles. The first kappa shape index (κ1) is 17.4. The summed E-state index contributed by atoms with van der Waals surface area (Å²) in [5.41, 5.74) is 6.25. The van der Waals surface area contributed by atoms with Crippen molar-refractivity contribution in [1.82, 2.24) is 0 Å².